The first kappa shape index (κ1) is 13.8. The van der Waals surface area contributed by atoms with E-state index in [1.165, 1.54) is 0 Å². The summed E-state index contributed by atoms with van der Waals surface area (Å²) in [5, 5.41) is 8.82. The lowest BCUT2D eigenvalue weighted by Crippen LogP contribution is -2.37. The fraction of sp³-hybridized carbons (Fsp3) is 1.00. The molecular formula is C10H23NO3. The Bertz CT molecular complexity index is 116. The molecule has 0 heterocycles. The highest BCUT2D eigenvalue weighted by atomic mass is 16.7. The van der Waals surface area contributed by atoms with Gasteiger partial charge in [0.1, 0.15) is 0 Å². The molecule has 0 aliphatic carbocycles. The zero-order valence-corrected chi connectivity index (χ0v) is 9.53. The van der Waals surface area contributed by atoms with E-state index >= 15 is 0 Å². The predicted molar refractivity (Wildman–Crippen MR) is 56.2 cm³/mol. The van der Waals surface area contributed by atoms with Crippen LogP contribution in [0.5, 0.6) is 0 Å². The molecule has 0 bridgehead atoms. The van der Waals surface area contributed by atoms with Crippen molar-refractivity contribution in [3.05, 3.63) is 0 Å². The second-order valence-electron chi connectivity index (χ2n) is 2.96. The molecule has 1 N–H and O–H groups in total. The van der Waals surface area contributed by atoms with Gasteiger partial charge in [0.05, 0.1) is 6.61 Å². The summed E-state index contributed by atoms with van der Waals surface area (Å²) in [5.41, 5.74) is 0. The van der Waals surface area contributed by atoms with Crippen LogP contribution in [-0.4, -0.2) is 55.8 Å². The van der Waals surface area contributed by atoms with Gasteiger partial charge >= 0.3 is 0 Å². The van der Waals surface area contributed by atoms with Crippen LogP contribution in [-0.2, 0) is 9.47 Å². The van der Waals surface area contributed by atoms with Gasteiger partial charge < -0.3 is 14.6 Å². The molecule has 0 aromatic rings. The molecule has 0 aliphatic rings. The maximum absolute atomic E-state index is 8.82. The minimum Gasteiger partial charge on any atom is -0.395 e. The third kappa shape index (κ3) is 6.32. The summed E-state index contributed by atoms with van der Waals surface area (Å²) < 4.78 is 10.8. The summed E-state index contributed by atoms with van der Waals surface area (Å²) in [7, 11) is 0. The Hall–Kier alpha value is -0.160. The summed E-state index contributed by atoms with van der Waals surface area (Å²) in [6.45, 7) is 9.75. The van der Waals surface area contributed by atoms with E-state index in [0.717, 1.165) is 13.1 Å². The predicted octanol–water partition coefficient (Wildman–Crippen LogP) is 0.700. The fourth-order valence-electron chi connectivity index (χ4n) is 1.26. The van der Waals surface area contributed by atoms with Crippen LogP contribution in [0.1, 0.15) is 20.8 Å². The van der Waals surface area contributed by atoms with Crippen molar-refractivity contribution in [1.82, 2.24) is 4.90 Å². The minimum absolute atomic E-state index is 0.170. The largest absolute Gasteiger partial charge is 0.395 e. The maximum atomic E-state index is 8.82. The van der Waals surface area contributed by atoms with Crippen molar-refractivity contribution in [3.63, 3.8) is 0 Å². The number of ether oxygens (including phenoxy) is 2. The molecule has 0 unspecified atom stereocenters. The second kappa shape index (κ2) is 9.40. The third-order valence-corrected chi connectivity index (χ3v) is 1.98. The first-order valence-electron chi connectivity index (χ1n) is 5.34. The van der Waals surface area contributed by atoms with Crippen LogP contribution in [0.4, 0.5) is 0 Å². The van der Waals surface area contributed by atoms with E-state index in [9.17, 15) is 0 Å². The van der Waals surface area contributed by atoms with Crippen molar-refractivity contribution in [3.8, 4) is 0 Å². The Morgan fingerprint density at radius 3 is 2.07 bits per heavy atom. The number of likely N-dealkylation sites (N-methyl/N-ethyl adjacent to an activating group) is 1. The highest BCUT2D eigenvalue weighted by Gasteiger charge is 2.12. The van der Waals surface area contributed by atoms with E-state index in [1.807, 2.05) is 13.8 Å². The molecule has 0 radical (unpaired) electrons. The molecule has 86 valence electrons. The summed E-state index contributed by atoms with van der Waals surface area (Å²) in [6, 6.07) is 0. The van der Waals surface area contributed by atoms with Crippen molar-refractivity contribution >= 4 is 0 Å². The van der Waals surface area contributed by atoms with Crippen LogP contribution in [0.25, 0.3) is 0 Å². The van der Waals surface area contributed by atoms with E-state index in [0.29, 0.717) is 19.8 Å². The van der Waals surface area contributed by atoms with Crippen LogP contribution >= 0.6 is 0 Å². The molecule has 0 saturated heterocycles. The van der Waals surface area contributed by atoms with Crippen molar-refractivity contribution in [2.75, 3.05) is 39.5 Å². The lowest BCUT2D eigenvalue weighted by atomic mass is 10.4. The molecule has 0 rings (SSSR count). The third-order valence-electron chi connectivity index (χ3n) is 1.98. The monoisotopic (exact) mass is 205 g/mol. The number of nitrogens with zero attached hydrogens (tertiary/aromatic N) is 1. The van der Waals surface area contributed by atoms with Crippen molar-refractivity contribution < 1.29 is 14.6 Å². The molecule has 0 fully saturated rings. The molecule has 0 amide bonds. The summed E-state index contributed by atoms with van der Waals surface area (Å²) in [4.78, 5) is 2.11. The fourth-order valence-corrected chi connectivity index (χ4v) is 1.26. The number of rotatable bonds is 9. The average Bonchev–Trinajstić information content (AvgIpc) is 2.18. The topological polar surface area (TPSA) is 41.9 Å². The van der Waals surface area contributed by atoms with E-state index < -0.39 is 0 Å². The molecule has 0 aliphatic heterocycles. The quantitative estimate of drug-likeness (QED) is 0.563. The molecule has 14 heavy (non-hydrogen) atoms. The van der Waals surface area contributed by atoms with Gasteiger partial charge in [-0.15, -0.1) is 0 Å². The van der Waals surface area contributed by atoms with Crippen LogP contribution < -0.4 is 0 Å². The van der Waals surface area contributed by atoms with E-state index in [1.54, 1.807) is 0 Å². The molecule has 4 heteroatoms. The van der Waals surface area contributed by atoms with Gasteiger partial charge in [0.15, 0.2) is 6.29 Å². The standard InChI is InChI=1S/C10H23NO3/c1-4-11(7-8-12)9-10(13-5-2)14-6-3/h10,12H,4-9H2,1-3H3. The Labute approximate surface area is 86.8 Å². The second-order valence-corrected chi connectivity index (χ2v) is 2.96. The smallest absolute Gasteiger partial charge is 0.170 e. The van der Waals surface area contributed by atoms with E-state index in [2.05, 4.69) is 11.8 Å². The van der Waals surface area contributed by atoms with Crippen molar-refractivity contribution in [2.24, 2.45) is 0 Å². The summed E-state index contributed by atoms with van der Waals surface area (Å²) >= 11 is 0. The SMILES string of the molecule is CCOC(CN(CC)CCO)OCC. The Balaban J connectivity index is 3.83. The first-order chi connectivity index (χ1) is 6.78. The maximum Gasteiger partial charge on any atom is 0.170 e. The molecule has 0 saturated carbocycles. The van der Waals surface area contributed by atoms with E-state index in [-0.39, 0.29) is 12.9 Å². The molecular weight excluding hydrogens is 182 g/mol. The highest BCUT2D eigenvalue weighted by molar-refractivity contribution is 4.57. The zero-order valence-electron chi connectivity index (χ0n) is 9.53. The molecule has 0 atom stereocenters. The lowest BCUT2D eigenvalue weighted by molar-refractivity contribution is -0.147. The summed E-state index contributed by atoms with van der Waals surface area (Å²) in [6.07, 6.45) is -0.170. The Morgan fingerprint density at radius 1 is 1.14 bits per heavy atom. The van der Waals surface area contributed by atoms with Gasteiger partial charge in [0.25, 0.3) is 0 Å². The van der Waals surface area contributed by atoms with Gasteiger partial charge in [0.2, 0.25) is 0 Å². The number of aliphatic hydroxyl groups is 1. The Morgan fingerprint density at radius 2 is 1.71 bits per heavy atom. The van der Waals surface area contributed by atoms with Gasteiger partial charge in [-0.05, 0) is 20.4 Å². The van der Waals surface area contributed by atoms with Crippen LogP contribution in [0, 0.1) is 0 Å². The van der Waals surface area contributed by atoms with Gasteiger partial charge in [-0.2, -0.15) is 0 Å². The van der Waals surface area contributed by atoms with Crippen molar-refractivity contribution in [1.29, 1.82) is 0 Å². The molecule has 4 nitrogen and oxygen atoms in total. The van der Waals surface area contributed by atoms with Gasteiger partial charge in [-0.3, -0.25) is 4.90 Å². The van der Waals surface area contributed by atoms with Gasteiger partial charge in [-0.25, -0.2) is 0 Å². The average molecular weight is 205 g/mol. The molecule has 0 aromatic carbocycles. The Kier molecular flexibility index (Phi) is 9.29. The first-order valence-corrected chi connectivity index (χ1v) is 5.34. The number of aliphatic hydroxyl groups excluding tert-OH is 1. The minimum atomic E-state index is -0.170. The highest BCUT2D eigenvalue weighted by Crippen LogP contribution is 1.99. The van der Waals surface area contributed by atoms with E-state index in [4.69, 9.17) is 14.6 Å². The van der Waals surface area contributed by atoms with Crippen LogP contribution in [0.15, 0.2) is 0 Å². The molecule has 0 aromatic heterocycles. The normalized spacial score (nSPS) is 11.6. The number of hydrogen-bond donors (Lipinski definition) is 1. The van der Waals surface area contributed by atoms with Gasteiger partial charge in [-0.1, -0.05) is 6.92 Å². The zero-order chi connectivity index (χ0) is 10.8. The number of hydrogen-bond acceptors (Lipinski definition) is 4. The summed E-state index contributed by atoms with van der Waals surface area (Å²) in [5.74, 6) is 0. The van der Waals surface area contributed by atoms with Gasteiger partial charge in [0, 0.05) is 26.3 Å². The van der Waals surface area contributed by atoms with Crippen LogP contribution in [0.3, 0.4) is 0 Å². The lowest BCUT2D eigenvalue weighted by Gasteiger charge is -2.25. The molecule has 0 spiro atoms. The van der Waals surface area contributed by atoms with Crippen LogP contribution in [0.2, 0.25) is 0 Å². The van der Waals surface area contributed by atoms with Crippen molar-refractivity contribution in [2.45, 2.75) is 27.1 Å².